The van der Waals surface area contributed by atoms with Gasteiger partial charge in [0.1, 0.15) is 4.90 Å². The summed E-state index contributed by atoms with van der Waals surface area (Å²) < 4.78 is 22.9. The summed E-state index contributed by atoms with van der Waals surface area (Å²) in [6, 6.07) is 6.57. The third kappa shape index (κ3) is 2.23. The average molecular weight is 270 g/mol. The van der Waals surface area contributed by atoms with Gasteiger partial charge in [0.15, 0.2) is 0 Å². The minimum atomic E-state index is -3.74. The molecule has 4 N–H and O–H groups in total. The lowest BCUT2D eigenvalue weighted by atomic mass is 9.64. The molecule has 100 valence electrons. The topological polar surface area (TPSA) is 92.4 Å². The fourth-order valence-corrected chi connectivity index (χ4v) is 2.87. The molecule has 2 atom stereocenters. The lowest BCUT2D eigenvalue weighted by Gasteiger charge is -2.50. The molecule has 1 aromatic rings. The summed E-state index contributed by atoms with van der Waals surface area (Å²) in [7, 11) is -3.74. The molecular formula is C12H18N2O3S. The summed E-state index contributed by atoms with van der Waals surface area (Å²) in [6.07, 6.45) is 0.239. The van der Waals surface area contributed by atoms with Crippen LogP contribution in [0.3, 0.4) is 0 Å². The number of benzene rings is 1. The van der Waals surface area contributed by atoms with Crippen LogP contribution in [0.4, 0.5) is 5.69 Å². The number of para-hydroxylation sites is 1. The van der Waals surface area contributed by atoms with Gasteiger partial charge in [-0.05, 0) is 18.6 Å². The van der Waals surface area contributed by atoms with Crippen molar-refractivity contribution in [3.8, 4) is 0 Å². The van der Waals surface area contributed by atoms with Crippen molar-refractivity contribution in [1.82, 2.24) is 0 Å². The molecule has 0 amide bonds. The van der Waals surface area contributed by atoms with Gasteiger partial charge in [0.25, 0.3) is 0 Å². The van der Waals surface area contributed by atoms with Gasteiger partial charge in [-0.15, -0.1) is 0 Å². The second-order valence-electron chi connectivity index (χ2n) is 5.31. The minimum Gasteiger partial charge on any atom is -0.392 e. The molecule has 1 fully saturated rings. The Morgan fingerprint density at radius 3 is 2.50 bits per heavy atom. The first-order valence-corrected chi connectivity index (χ1v) is 7.34. The van der Waals surface area contributed by atoms with Crippen LogP contribution in [-0.2, 0) is 10.0 Å². The zero-order chi connectivity index (χ0) is 13.6. The molecule has 0 aromatic heterocycles. The van der Waals surface area contributed by atoms with E-state index >= 15 is 0 Å². The van der Waals surface area contributed by atoms with Crippen LogP contribution in [0.25, 0.3) is 0 Å². The number of aliphatic hydroxyl groups is 1. The van der Waals surface area contributed by atoms with Crippen LogP contribution in [0.1, 0.15) is 20.3 Å². The molecule has 5 nitrogen and oxygen atoms in total. The number of sulfonamides is 1. The maximum absolute atomic E-state index is 11.5. The third-order valence-electron chi connectivity index (χ3n) is 3.74. The molecule has 0 heterocycles. The highest BCUT2D eigenvalue weighted by atomic mass is 32.2. The number of hydrogen-bond acceptors (Lipinski definition) is 4. The SMILES string of the molecule is CC1(C)C(O)CC1Nc1ccccc1S(N)(=O)=O. The third-order valence-corrected chi connectivity index (χ3v) is 4.71. The number of aliphatic hydroxyl groups excluding tert-OH is 1. The number of nitrogens with one attached hydrogen (secondary N) is 1. The Kier molecular flexibility index (Phi) is 3.12. The predicted molar refractivity (Wildman–Crippen MR) is 69.6 cm³/mol. The fourth-order valence-electron chi connectivity index (χ4n) is 2.17. The van der Waals surface area contributed by atoms with Gasteiger partial charge >= 0.3 is 0 Å². The van der Waals surface area contributed by atoms with E-state index in [-0.39, 0.29) is 22.5 Å². The van der Waals surface area contributed by atoms with Crippen molar-refractivity contribution in [2.75, 3.05) is 5.32 Å². The van der Waals surface area contributed by atoms with E-state index in [1.807, 2.05) is 13.8 Å². The maximum atomic E-state index is 11.5. The van der Waals surface area contributed by atoms with E-state index in [9.17, 15) is 13.5 Å². The zero-order valence-corrected chi connectivity index (χ0v) is 11.2. The van der Waals surface area contributed by atoms with Crippen LogP contribution in [0.5, 0.6) is 0 Å². The fraction of sp³-hybridized carbons (Fsp3) is 0.500. The van der Waals surface area contributed by atoms with Gasteiger partial charge in [0, 0.05) is 11.5 Å². The van der Waals surface area contributed by atoms with Gasteiger partial charge in [-0.3, -0.25) is 0 Å². The number of nitrogens with two attached hydrogens (primary N) is 1. The normalized spacial score (nSPS) is 26.4. The number of rotatable bonds is 3. The summed E-state index contributed by atoms with van der Waals surface area (Å²) in [6.45, 7) is 3.89. The summed E-state index contributed by atoms with van der Waals surface area (Å²) >= 11 is 0. The summed E-state index contributed by atoms with van der Waals surface area (Å²) in [4.78, 5) is 0.0854. The Bertz CT molecular complexity index is 554. The Morgan fingerprint density at radius 1 is 1.39 bits per heavy atom. The van der Waals surface area contributed by atoms with Crippen LogP contribution in [0.2, 0.25) is 0 Å². The summed E-state index contributed by atoms with van der Waals surface area (Å²) in [5.74, 6) is 0. The van der Waals surface area contributed by atoms with Crippen LogP contribution in [0, 0.1) is 5.41 Å². The van der Waals surface area contributed by atoms with Crippen molar-refractivity contribution in [3.05, 3.63) is 24.3 Å². The van der Waals surface area contributed by atoms with Crippen molar-refractivity contribution < 1.29 is 13.5 Å². The van der Waals surface area contributed by atoms with Crippen molar-refractivity contribution in [2.45, 2.75) is 37.3 Å². The lowest BCUT2D eigenvalue weighted by Crippen LogP contribution is -2.57. The summed E-state index contributed by atoms with van der Waals surface area (Å²) in [5.41, 5.74) is 0.218. The van der Waals surface area contributed by atoms with E-state index in [0.717, 1.165) is 0 Å². The zero-order valence-electron chi connectivity index (χ0n) is 10.4. The van der Waals surface area contributed by atoms with E-state index in [2.05, 4.69) is 5.32 Å². The van der Waals surface area contributed by atoms with Gasteiger partial charge in [-0.1, -0.05) is 26.0 Å². The molecule has 0 aliphatic heterocycles. The van der Waals surface area contributed by atoms with Gasteiger partial charge in [0.2, 0.25) is 10.0 Å². The highest BCUT2D eigenvalue weighted by molar-refractivity contribution is 7.89. The Balaban J connectivity index is 2.27. The lowest BCUT2D eigenvalue weighted by molar-refractivity contribution is -0.0511. The first-order chi connectivity index (χ1) is 8.23. The minimum absolute atomic E-state index is 0.0374. The number of anilines is 1. The van der Waals surface area contributed by atoms with Crippen molar-refractivity contribution in [2.24, 2.45) is 10.6 Å². The highest BCUT2D eigenvalue weighted by Crippen LogP contribution is 2.42. The van der Waals surface area contributed by atoms with E-state index in [1.54, 1.807) is 18.2 Å². The molecule has 0 saturated heterocycles. The molecule has 2 rings (SSSR count). The molecular weight excluding hydrogens is 252 g/mol. The Hall–Kier alpha value is -1.11. The van der Waals surface area contributed by atoms with E-state index in [0.29, 0.717) is 12.1 Å². The summed E-state index contributed by atoms with van der Waals surface area (Å²) in [5, 5.41) is 18.0. The van der Waals surface area contributed by atoms with Gasteiger partial charge in [0.05, 0.1) is 11.8 Å². The van der Waals surface area contributed by atoms with Crippen LogP contribution < -0.4 is 10.5 Å². The molecule has 1 aliphatic rings. The monoisotopic (exact) mass is 270 g/mol. The molecule has 1 aliphatic carbocycles. The molecule has 18 heavy (non-hydrogen) atoms. The quantitative estimate of drug-likeness (QED) is 0.761. The first-order valence-electron chi connectivity index (χ1n) is 5.79. The number of hydrogen-bond donors (Lipinski definition) is 3. The smallest absolute Gasteiger partial charge is 0.240 e. The molecule has 1 saturated carbocycles. The average Bonchev–Trinajstić information content (AvgIpc) is 2.28. The Morgan fingerprint density at radius 2 is 2.00 bits per heavy atom. The Labute approximate surface area is 107 Å². The highest BCUT2D eigenvalue weighted by Gasteiger charge is 2.47. The molecule has 0 spiro atoms. The number of primary sulfonamides is 1. The maximum Gasteiger partial charge on any atom is 0.240 e. The molecule has 2 unspecified atom stereocenters. The standard InChI is InChI=1S/C12H18N2O3S/c1-12(2)10(7-11(12)15)14-8-5-3-4-6-9(8)18(13,16)17/h3-6,10-11,14-15H,7H2,1-2H3,(H2,13,16,17). The molecule has 6 heteroatoms. The van der Waals surface area contributed by atoms with Crippen LogP contribution >= 0.6 is 0 Å². The van der Waals surface area contributed by atoms with Gasteiger partial charge in [-0.25, -0.2) is 13.6 Å². The molecule has 0 bridgehead atoms. The predicted octanol–water partition coefficient (Wildman–Crippen LogP) is 0.905. The van der Waals surface area contributed by atoms with E-state index in [4.69, 9.17) is 5.14 Å². The van der Waals surface area contributed by atoms with Crippen molar-refractivity contribution >= 4 is 15.7 Å². The van der Waals surface area contributed by atoms with Crippen molar-refractivity contribution in [3.63, 3.8) is 0 Å². The molecule has 0 radical (unpaired) electrons. The van der Waals surface area contributed by atoms with Crippen LogP contribution in [-0.4, -0.2) is 25.7 Å². The van der Waals surface area contributed by atoms with E-state index in [1.165, 1.54) is 6.07 Å². The second-order valence-corrected chi connectivity index (χ2v) is 6.84. The van der Waals surface area contributed by atoms with Gasteiger partial charge < -0.3 is 10.4 Å². The van der Waals surface area contributed by atoms with Crippen molar-refractivity contribution in [1.29, 1.82) is 0 Å². The molecule has 1 aromatic carbocycles. The van der Waals surface area contributed by atoms with E-state index < -0.39 is 10.0 Å². The van der Waals surface area contributed by atoms with Crippen LogP contribution in [0.15, 0.2) is 29.2 Å². The largest absolute Gasteiger partial charge is 0.392 e. The van der Waals surface area contributed by atoms with Gasteiger partial charge in [-0.2, -0.15) is 0 Å². The second kappa shape index (κ2) is 4.22. The first kappa shape index (κ1) is 13.3.